The van der Waals surface area contributed by atoms with Crippen LogP contribution in [0.4, 0.5) is 5.69 Å². The summed E-state index contributed by atoms with van der Waals surface area (Å²) in [4.78, 5) is 31.9. The minimum atomic E-state index is -0.402. The fourth-order valence-corrected chi connectivity index (χ4v) is 3.65. The summed E-state index contributed by atoms with van der Waals surface area (Å²) < 4.78 is 4.68. The van der Waals surface area contributed by atoms with Crippen molar-refractivity contribution in [3.05, 3.63) is 84.1 Å². The van der Waals surface area contributed by atoms with Crippen LogP contribution in [0.25, 0.3) is 22.3 Å². The van der Waals surface area contributed by atoms with E-state index in [1.165, 1.54) is 12.7 Å². The van der Waals surface area contributed by atoms with Crippen LogP contribution < -0.4 is 5.32 Å². The Morgan fingerprint density at radius 2 is 1.77 bits per heavy atom. The molecule has 0 atom stereocenters. The monoisotopic (exact) mass is 413 g/mol. The van der Waals surface area contributed by atoms with E-state index in [0.29, 0.717) is 24.1 Å². The Bertz CT molecular complexity index is 1200. The molecule has 0 spiro atoms. The first kappa shape index (κ1) is 20.3. The summed E-state index contributed by atoms with van der Waals surface area (Å²) in [7, 11) is 1.34. The van der Waals surface area contributed by atoms with Gasteiger partial charge in [0.25, 0.3) is 0 Å². The molecule has 2 N–H and O–H groups in total. The molecule has 4 aromatic rings. The molecule has 2 heterocycles. The van der Waals surface area contributed by atoms with Crippen LogP contribution in [0.3, 0.4) is 0 Å². The molecule has 4 rings (SSSR count). The second kappa shape index (κ2) is 9.26. The molecule has 1 amide bonds. The zero-order chi connectivity index (χ0) is 21.6. The summed E-state index contributed by atoms with van der Waals surface area (Å²) in [5, 5.41) is 4.03. The van der Waals surface area contributed by atoms with E-state index < -0.39 is 5.97 Å². The highest BCUT2D eigenvalue weighted by molar-refractivity contribution is 5.93. The van der Waals surface area contributed by atoms with Crippen molar-refractivity contribution in [2.75, 3.05) is 12.4 Å². The number of H-pyrrole nitrogens is 1. The summed E-state index contributed by atoms with van der Waals surface area (Å²) in [5.41, 5.74) is 5.23. The van der Waals surface area contributed by atoms with E-state index >= 15 is 0 Å². The fourth-order valence-electron chi connectivity index (χ4n) is 3.65. The first-order valence-corrected chi connectivity index (χ1v) is 10.1. The molecule has 0 saturated carbocycles. The van der Waals surface area contributed by atoms with Gasteiger partial charge in [0, 0.05) is 29.2 Å². The molecule has 6 heteroatoms. The quantitative estimate of drug-likeness (QED) is 0.419. The highest BCUT2D eigenvalue weighted by Gasteiger charge is 2.14. The van der Waals surface area contributed by atoms with E-state index in [4.69, 9.17) is 0 Å². The molecule has 31 heavy (non-hydrogen) atoms. The number of fused-ring (bicyclic) bond motifs is 1. The number of methoxy groups -OCH3 is 1. The minimum Gasteiger partial charge on any atom is -0.465 e. The topological polar surface area (TPSA) is 84.1 Å². The predicted molar refractivity (Wildman–Crippen MR) is 121 cm³/mol. The summed E-state index contributed by atoms with van der Waals surface area (Å²) in [6, 6.07) is 20.7. The lowest BCUT2D eigenvalue weighted by molar-refractivity contribution is -0.116. The van der Waals surface area contributed by atoms with Gasteiger partial charge in [-0.1, -0.05) is 24.3 Å². The predicted octanol–water partition coefficient (Wildman–Crippen LogP) is 4.98. The smallest absolute Gasteiger partial charge is 0.337 e. The second-order valence-corrected chi connectivity index (χ2v) is 7.21. The van der Waals surface area contributed by atoms with Crippen LogP contribution in [-0.4, -0.2) is 29.0 Å². The second-order valence-electron chi connectivity index (χ2n) is 7.21. The Labute approximate surface area is 180 Å². The molecule has 0 aliphatic rings. The van der Waals surface area contributed by atoms with Gasteiger partial charge in [-0.2, -0.15) is 0 Å². The highest BCUT2D eigenvalue weighted by Crippen LogP contribution is 2.30. The van der Waals surface area contributed by atoms with E-state index in [9.17, 15) is 9.59 Å². The zero-order valence-corrected chi connectivity index (χ0v) is 17.2. The van der Waals surface area contributed by atoms with E-state index in [-0.39, 0.29) is 5.91 Å². The maximum absolute atomic E-state index is 12.4. The number of benzene rings is 2. The molecule has 0 bridgehead atoms. The van der Waals surface area contributed by atoms with Gasteiger partial charge in [0.1, 0.15) is 0 Å². The number of nitrogens with zero attached hydrogens (tertiary/aromatic N) is 1. The number of carbonyl (C=O) groups is 2. The molecule has 156 valence electrons. The first-order valence-electron chi connectivity index (χ1n) is 10.1. The van der Waals surface area contributed by atoms with Crippen molar-refractivity contribution in [2.24, 2.45) is 0 Å². The third-order valence-electron chi connectivity index (χ3n) is 5.16. The van der Waals surface area contributed by atoms with Crippen LogP contribution in [0.15, 0.2) is 72.9 Å². The Morgan fingerprint density at radius 1 is 1.00 bits per heavy atom. The SMILES string of the molecule is COC(=O)c1ccc(NC(=O)CCCc2c(-c3ccccn3)[nH]c3ccccc23)cc1. The number of aromatic nitrogens is 2. The van der Waals surface area contributed by atoms with Crippen molar-refractivity contribution in [1.82, 2.24) is 9.97 Å². The van der Waals surface area contributed by atoms with Gasteiger partial charge in [0.05, 0.1) is 24.1 Å². The summed E-state index contributed by atoms with van der Waals surface area (Å²) >= 11 is 0. The van der Waals surface area contributed by atoms with Gasteiger partial charge in [-0.25, -0.2) is 4.79 Å². The number of hydrogen-bond acceptors (Lipinski definition) is 4. The van der Waals surface area contributed by atoms with E-state index in [1.807, 2.05) is 30.3 Å². The largest absolute Gasteiger partial charge is 0.465 e. The van der Waals surface area contributed by atoms with Crippen molar-refractivity contribution in [3.8, 4) is 11.4 Å². The molecule has 2 aromatic heterocycles. The number of pyridine rings is 1. The third kappa shape index (κ3) is 4.64. The maximum Gasteiger partial charge on any atom is 0.337 e. The van der Waals surface area contributed by atoms with Crippen molar-refractivity contribution in [1.29, 1.82) is 0 Å². The number of para-hydroxylation sites is 1. The number of anilines is 1. The van der Waals surface area contributed by atoms with Gasteiger partial charge in [0.15, 0.2) is 0 Å². The third-order valence-corrected chi connectivity index (χ3v) is 5.16. The zero-order valence-electron chi connectivity index (χ0n) is 17.2. The number of ether oxygens (including phenoxy) is 1. The van der Waals surface area contributed by atoms with E-state index in [1.54, 1.807) is 30.5 Å². The normalized spacial score (nSPS) is 10.7. The number of hydrogen-bond donors (Lipinski definition) is 2. The Balaban J connectivity index is 1.42. The summed E-state index contributed by atoms with van der Waals surface area (Å²) in [6.45, 7) is 0. The lowest BCUT2D eigenvalue weighted by Crippen LogP contribution is -2.12. The van der Waals surface area contributed by atoms with Gasteiger partial charge in [-0.3, -0.25) is 9.78 Å². The van der Waals surface area contributed by atoms with Crippen molar-refractivity contribution in [3.63, 3.8) is 0 Å². The van der Waals surface area contributed by atoms with Crippen molar-refractivity contribution >= 4 is 28.5 Å². The summed E-state index contributed by atoms with van der Waals surface area (Å²) in [5.74, 6) is -0.467. The average Bonchev–Trinajstić information content (AvgIpc) is 3.18. The number of esters is 1. The summed E-state index contributed by atoms with van der Waals surface area (Å²) in [6.07, 6.45) is 3.63. The van der Waals surface area contributed by atoms with Gasteiger partial charge < -0.3 is 15.0 Å². The van der Waals surface area contributed by atoms with Crippen LogP contribution in [0, 0.1) is 0 Å². The van der Waals surface area contributed by atoms with Gasteiger partial charge in [0.2, 0.25) is 5.91 Å². The first-order chi connectivity index (χ1) is 15.2. The fraction of sp³-hybridized carbons (Fsp3) is 0.160. The lowest BCUT2D eigenvalue weighted by Gasteiger charge is -2.07. The molecule has 0 unspecified atom stereocenters. The number of carbonyl (C=O) groups excluding carboxylic acids is 2. The van der Waals surface area contributed by atoms with E-state index in [2.05, 4.69) is 32.2 Å². The highest BCUT2D eigenvalue weighted by atomic mass is 16.5. The molecule has 2 aromatic carbocycles. The Morgan fingerprint density at radius 3 is 2.52 bits per heavy atom. The van der Waals surface area contributed by atoms with Crippen LogP contribution in [0.2, 0.25) is 0 Å². The van der Waals surface area contributed by atoms with Crippen LogP contribution >= 0.6 is 0 Å². The van der Waals surface area contributed by atoms with E-state index in [0.717, 1.165) is 28.7 Å². The van der Waals surface area contributed by atoms with Crippen LogP contribution in [0.1, 0.15) is 28.8 Å². The lowest BCUT2D eigenvalue weighted by atomic mass is 10.0. The minimum absolute atomic E-state index is 0.0648. The number of aryl methyl sites for hydroxylation is 1. The molecule has 0 radical (unpaired) electrons. The molecule has 0 aliphatic carbocycles. The van der Waals surface area contributed by atoms with Gasteiger partial charge in [-0.05, 0) is 60.9 Å². The molecular weight excluding hydrogens is 390 g/mol. The standard InChI is InChI=1S/C25H23N3O3/c1-31-25(30)17-12-14-18(15-13-17)27-23(29)11-6-8-20-19-7-2-3-9-21(19)28-24(20)22-10-4-5-16-26-22/h2-5,7,9-10,12-16,28H,6,8,11H2,1H3,(H,27,29). The van der Waals surface area contributed by atoms with Crippen molar-refractivity contribution in [2.45, 2.75) is 19.3 Å². The number of amides is 1. The van der Waals surface area contributed by atoms with Crippen LogP contribution in [-0.2, 0) is 16.0 Å². The number of rotatable bonds is 7. The molecule has 0 saturated heterocycles. The molecule has 6 nitrogen and oxygen atoms in total. The van der Waals surface area contributed by atoms with Crippen molar-refractivity contribution < 1.29 is 14.3 Å². The molecular formula is C25H23N3O3. The Hall–Kier alpha value is -3.93. The van der Waals surface area contributed by atoms with Gasteiger partial charge >= 0.3 is 5.97 Å². The van der Waals surface area contributed by atoms with Crippen LogP contribution in [0.5, 0.6) is 0 Å². The number of aromatic amines is 1. The Kier molecular flexibility index (Phi) is 6.08. The number of nitrogens with one attached hydrogen (secondary N) is 2. The molecule has 0 fully saturated rings. The average molecular weight is 413 g/mol. The maximum atomic E-state index is 12.4. The van der Waals surface area contributed by atoms with Gasteiger partial charge in [-0.15, -0.1) is 0 Å². The molecule has 0 aliphatic heterocycles.